The van der Waals surface area contributed by atoms with Gasteiger partial charge in [-0.15, -0.1) is 0 Å². The van der Waals surface area contributed by atoms with Crippen molar-refractivity contribution in [1.29, 1.82) is 0 Å². The minimum atomic E-state index is -0.348. The number of carbonyl (C=O) groups is 2. The molecule has 1 aliphatic rings. The minimum absolute atomic E-state index is 0.169. The molecule has 0 saturated carbocycles. The van der Waals surface area contributed by atoms with E-state index in [4.69, 9.17) is 9.47 Å². The van der Waals surface area contributed by atoms with Crippen molar-refractivity contribution >= 4 is 23.8 Å². The summed E-state index contributed by atoms with van der Waals surface area (Å²) in [5.41, 5.74) is 2.76. The molecule has 0 unspecified atom stereocenters. The largest absolute Gasteiger partial charge is 0.465 e. The van der Waals surface area contributed by atoms with Crippen LogP contribution < -0.4 is 4.74 Å². The molecule has 1 atom stereocenters. The monoisotopic (exact) mass is 447 g/mol. The first-order chi connectivity index (χ1) is 15.6. The summed E-state index contributed by atoms with van der Waals surface area (Å²) in [6.07, 6.45) is 2.25. The molecular formula is C26H25NO4S. The minimum Gasteiger partial charge on any atom is -0.465 e. The lowest BCUT2D eigenvalue weighted by Gasteiger charge is -2.23. The zero-order chi connectivity index (χ0) is 22.3. The number of esters is 1. The van der Waals surface area contributed by atoms with E-state index in [9.17, 15) is 9.59 Å². The highest BCUT2D eigenvalue weighted by Gasteiger charge is 2.31. The molecule has 0 radical (unpaired) electrons. The Labute approximate surface area is 192 Å². The van der Waals surface area contributed by atoms with Crippen LogP contribution in [0.1, 0.15) is 34.3 Å². The predicted molar refractivity (Wildman–Crippen MR) is 126 cm³/mol. The van der Waals surface area contributed by atoms with Gasteiger partial charge in [-0.2, -0.15) is 0 Å². The number of carbonyl (C=O) groups excluding carboxylic acids is 2. The van der Waals surface area contributed by atoms with Crippen molar-refractivity contribution in [1.82, 2.24) is 4.31 Å². The van der Waals surface area contributed by atoms with Crippen molar-refractivity contribution < 1.29 is 19.1 Å². The highest BCUT2D eigenvalue weighted by molar-refractivity contribution is 7.96. The van der Waals surface area contributed by atoms with Crippen molar-refractivity contribution in [2.75, 3.05) is 7.11 Å². The van der Waals surface area contributed by atoms with E-state index in [0.717, 1.165) is 29.9 Å². The van der Waals surface area contributed by atoms with Gasteiger partial charge in [0.2, 0.25) is 5.91 Å². The Hall–Kier alpha value is -3.25. The molecule has 1 aliphatic heterocycles. The summed E-state index contributed by atoms with van der Waals surface area (Å²) in [4.78, 5) is 24.0. The van der Waals surface area contributed by atoms with Crippen molar-refractivity contribution in [3.05, 3.63) is 95.6 Å². The Bertz CT molecular complexity index is 1050. The SMILES string of the molecule is COC(=O)c1ccc(CSN2C(=O)CC[C@@H]2Cc2ccc(Oc3ccccc3)cc2)cc1. The standard InChI is InChI=1S/C26H25NO4S/c1-30-26(29)21-11-7-20(8-12-21)18-32-27-22(13-16-25(27)28)17-19-9-14-24(15-10-19)31-23-5-3-2-4-6-23/h2-12,14-15,22H,13,16-18H2,1H3/t22-/m1/s1. The van der Waals surface area contributed by atoms with E-state index < -0.39 is 0 Å². The molecule has 0 aromatic heterocycles. The Kier molecular flexibility index (Phi) is 7.12. The summed E-state index contributed by atoms with van der Waals surface area (Å²) >= 11 is 1.54. The van der Waals surface area contributed by atoms with Gasteiger partial charge < -0.3 is 9.47 Å². The number of hydrogen-bond acceptors (Lipinski definition) is 5. The van der Waals surface area contributed by atoms with Crippen LogP contribution >= 0.6 is 11.9 Å². The number of rotatable bonds is 8. The van der Waals surface area contributed by atoms with Crippen molar-refractivity contribution in [3.63, 3.8) is 0 Å². The molecule has 3 aromatic carbocycles. The number of amides is 1. The Balaban J connectivity index is 1.34. The van der Waals surface area contributed by atoms with Crippen molar-refractivity contribution in [2.45, 2.75) is 31.1 Å². The van der Waals surface area contributed by atoms with E-state index >= 15 is 0 Å². The fourth-order valence-corrected chi connectivity index (χ4v) is 4.78. The first-order valence-electron chi connectivity index (χ1n) is 10.6. The average Bonchev–Trinajstić information content (AvgIpc) is 3.18. The molecule has 1 saturated heterocycles. The first kappa shape index (κ1) is 22.0. The van der Waals surface area contributed by atoms with Gasteiger partial charge in [-0.1, -0.05) is 42.5 Å². The van der Waals surface area contributed by atoms with Gasteiger partial charge >= 0.3 is 5.97 Å². The van der Waals surface area contributed by atoms with Gasteiger partial charge in [0.25, 0.3) is 0 Å². The second-order valence-electron chi connectivity index (χ2n) is 7.64. The van der Waals surface area contributed by atoms with Gasteiger partial charge in [0.05, 0.1) is 12.7 Å². The maximum Gasteiger partial charge on any atom is 0.337 e. The molecule has 4 rings (SSSR count). The number of nitrogens with zero attached hydrogens (tertiary/aromatic N) is 1. The van der Waals surface area contributed by atoms with Crippen LogP contribution in [0, 0.1) is 0 Å². The third-order valence-electron chi connectivity index (χ3n) is 5.39. The van der Waals surface area contributed by atoms with Crippen LogP contribution in [0.4, 0.5) is 0 Å². The van der Waals surface area contributed by atoms with Crippen LogP contribution in [0.5, 0.6) is 11.5 Å². The average molecular weight is 448 g/mol. The van der Waals surface area contributed by atoms with E-state index in [2.05, 4.69) is 12.1 Å². The van der Waals surface area contributed by atoms with E-state index in [1.807, 2.05) is 58.9 Å². The molecule has 164 valence electrons. The van der Waals surface area contributed by atoms with Gasteiger partial charge in [0.1, 0.15) is 11.5 Å². The molecule has 0 spiro atoms. The van der Waals surface area contributed by atoms with E-state index in [1.165, 1.54) is 12.7 Å². The molecule has 6 heteroatoms. The Morgan fingerprint density at radius 2 is 1.59 bits per heavy atom. The fourth-order valence-electron chi connectivity index (χ4n) is 3.67. The number of ether oxygens (including phenoxy) is 2. The summed E-state index contributed by atoms with van der Waals surface area (Å²) < 4.78 is 12.5. The summed E-state index contributed by atoms with van der Waals surface area (Å²) in [5, 5.41) is 0. The second-order valence-corrected chi connectivity index (χ2v) is 8.58. The number of methoxy groups -OCH3 is 1. The van der Waals surface area contributed by atoms with Crippen LogP contribution in [0.15, 0.2) is 78.9 Å². The second kappa shape index (κ2) is 10.4. The smallest absolute Gasteiger partial charge is 0.337 e. The molecule has 5 nitrogen and oxygen atoms in total. The maximum atomic E-state index is 12.5. The maximum absolute atomic E-state index is 12.5. The van der Waals surface area contributed by atoms with Gasteiger partial charge in [-0.05, 0) is 72.3 Å². The van der Waals surface area contributed by atoms with Crippen LogP contribution in [-0.4, -0.2) is 29.3 Å². The zero-order valence-electron chi connectivity index (χ0n) is 17.9. The van der Waals surface area contributed by atoms with Crippen LogP contribution in [0.3, 0.4) is 0 Å². The lowest BCUT2D eigenvalue weighted by Crippen LogP contribution is -2.28. The van der Waals surface area contributed by atoms with Gasteiger partial charge in [-0.3, -0.25) is 9.10 Å². The molecular weight excluding hydrogens is 422 g/mol. The number of hydrogen-bond donors (Lipinski definition) is 0. The Morgan fingerprint density at radius 1 is 0.938 bits per heavy atom. The van der Waals surface area contributed by atoms with Crippen molar-refractivity contribution in [2.24, 2.45) is 0 Å². The third kappa shape index (κ3) is 5.51. The fraction of sp³-hybridized carbons (Fsp3) is 0.231. The third-order valence-corrected chi connectivity index (χ3v) is 6.63. The molecule has 1 fully saturated rings. The summed E-state index contributed by atoms with van der Waals surface area (Å²) in [6, 6.07) is 25.3. The van der Waals surface area contributed by atoms with E-state index in [1.54, 1.807) is 24.1 Å². The molecule has 1 heterocycles. The lowest BCUT2D eigenvalue weighted by molar-refractivity contribution is -0.124. The van der Waals surface area contributed by atoms with Crippen molar-refractivity contribution in [3.8, 4) is 11.5 Å². The summed E-state index contributed by atoms with van der Waals surface area (Å²) in [7, 11) is 1.37. The lowest BCUT2D eigenvalue weighted by atomic mass is 10.0. The Morgan fingerprint density at radius 3 is 2.28 bits per heavy atom. The summed E-state index contributed by atoms with van der Waals surface area (Å²) in [6.45, 7) is 0. The van der Waals surface area contributed by atoms with Crippen LogP contribution in [0.25, 0.3) is 0 Å². The van der Waals surface area contributed by atoms with Gasteiger partial charge in [0.15, 0.2) is 0 Å². The number of para-hydroxylation sites is 1. The van der Waals surface area contributed by atoms with E-state index in [0.29, 0.717) is 17.7 Å². The molecule has 0 aliphatic carbocycles. The molecule has 0 bridgehead atoms. The summed E-state index contributed by atoms with van der Waals surface area (Å²) in [5.74, 6) is 2.11. The highest BCUT2D eigenvalue weighted by atomic mass is 32.2. The molecule has 32 heavy (non-hydrogen) atoms. The highest BCUT2D eigenvalue weighted by Crippen LogP contribution is 2.31. The predicted octanol–water partition coefficient (Wildman–Crippen LogP) is 5.65. The number of benzene rings is 3. The zero-order valence-corrected chi connectivity index (χ0v) is 18.7. The molecule has 3 aromatic rings. The first-order valence-corrected chi connectivity index (χ1v) is 11.5. The molecule has 1 amide bonds. The van der Waals surface area contributed by atoms with Crippen LogP contribution in [0.2, 0.25) is 0 Å². The molecule has 0 N–H and O–H groups in total. The quantitative estimate of drug-likeness (QED) is 0.330. The topological polar surface area (TPSA) is 55.8 Å². The van der Waals surface area contributed by atoms with Gasteiger partial charge in [-0.25, -0.2) is 4.79 Å². The van der Waals surface area contributed by atoms with Gasteiger partial charge in [0, 0.05) is 18.2 Å². The normalized spacial score (nSPS) is 15.6. The van der Waals surface area contributed by atoms with Crippen LogP contribution in [-0.2, 0) is 21.7 Å². The van der Waals surface area contributed by atoms with E-state index in [-0.39, 0.29) is 17.9 Å².